The highest BCUT2D eigenvalue weighted by molar-refractivity contribution is 7.90. The number of pyridine rings is 1. The molecule has 2 aromatic heterocycles. The number of benzene rings is 1. The molecule has 0 spiro atoms. The van der Waals surface area contributed by atoms with Crippen molar-refractivity contribution in [3.05, 3.63) is 65.1 Å². The van der Waals surface area contributed by atoms with Crippen molar-refractivity contribution >= 4 is 39.0 Å². The van der Waals surface area contributed by atoms with E-state index in [-0.39, 0.29) is 17.8 Å². The number of anilines is 1. The number of fused-ring (bicyclic) bond motifs is 1. The molecular weight excluding hydrogens is 478 g/mol. The van der Waals surface area contributed by atoms with Crippen molar-refractivity contribution in [3.8, 4) is 0 Å². The Morgan fingerprint density at radius 1 is 1.19 bits per heavy atom. The molecule has 0 saturated carbocycles. The van der Waals surface area contributed by atoms with E-state index in [0.717, 1.165) is 53.8 Å². The summed E-state index contributed by atoms with van der Waals surface area (Å²) in [7, 11) is -0.0268. The van der Waals surface area contributed by atoms with Gasteiger partial charge in [-0.05, 0) is 70.6 Å². The number of nitrogens with zero attached hydrogens (tertiary/aromatic N) is 3. The average Bonchev–Trinajstić information content (AvgIpc) is 3.15. The summed E-state index contributed by atoms with van der Waals surface area (Å²) in [4.78, 5) is 20.8. The fourth-order valence-electron chi connectivity index (χ4n) is 4.28. The van der Waals surface area contributed by atoms with Crippen molar-refractivity contribution < 1.29 is 17.6 Å². The molecule has 1 fully saturated rings. The lowest BCUT2D eigenvalue weighted by Gasteiger charge is -2.29. The summed E-state index contributed by atoms with van der Waals surface area (Å²) >= 11 is 0. The predicted molar refractivity (Wildman–Crippen MR) is 142 cm³/mol. The van der Waals surface area contributed by atoms with Crippen LogP contribution >= 0.6 is 0 Å². The Hall–Kier alpha value is -3.21. The number of carbonyl (C=O) groups is 1. The van der Waals surface area contributed by atoms with Gasteiger partial charge in [-0.15, -0.1) is 0 Å². The monoisotopic (exact) mass is 511 g/mol. The van der Waals surface area contributed by atoms with Crippen molar-refractivity contribution in [1.82, 2.24) is 19.5 Å². The van der Waals surface area contributed by atoms with E-state index < -0.39 is 10.2 Å². The Labute approximate surface area is 212 Å². The fourth-order valence-corrected chi connectivity index (χ4v) is 5.40. The Morgan fingerprint density at radius 2 is 1.92 bits per heavy atom. The molecule has 36 heavy (non-hydrogen) atoms. The number of likely N-dealkylation sites (N-methyl/N-ethyl adjacent to an activating group) is 1. The summed E-state index contributed by atoms with van der Waals surface area (Å²) in [6, 6.07) is 10.9. The predicted octanol–water partition coefficient (Wildman–Crippen LogP) is 3.46. The van der Waals surface area contributed by atoms with Crippen LogP contribution < -0.4 is 9.44 Å². The summed E-state index contributed by atoms with van der Waals surface area (Å²) < 4.78 is 36.3. The second kappa shape index (κ2) is 10.8. The van der Waals surface area contributed by atoms with Crippen LogP contribution in [0.3, 0.4) is 0 Å². The molecule has 0 atom stereocenters. The number of hydrogen-bond donors (Lipinski definition) is 2. The maximum absolute atomic E-state index is 12.7. The van der Waals surface area contributed by atoms with Gasteiger partial charge in [0.25, 0.3) is 0 Å². The SMILES string of the molecule is Cc1c(CN(C)C(=O)/C=C/c2cccc(NS(=O)(=O)NC3CCN(C)CC3)n2)oc2c(C)cccc12. The molecule has 1 saturated heterocycles. The molecular formula is C26H33N5O4S. The Balaban J connectivity index is 1.37. The molecule has 1 aromatic carbocycles. The first-order chi connectivity index (χ1) is 17.1. The lowest BCUT2D eigenvalue weighted by molar-refractivity contribution is -0.125. The summed E-state index contributed by atoms with van der Waals surface area (Å²) in [5.41, 5.74) is 3.38. The molecule has 192 valence electrons. The van der Waals surface area contributed by atoms with Crippen molar-refractivity contribution in [2.45, 2.75) is 39.3 Å². The molecule has 1 aliphatic heterocycles. The number of carbonyl (C=O) groups excluding carboxylic acids is 1. The van der Waals surface area contributed by atoms with E-state index in [0.29, 0.717) is 12.2 Å². The van der Waals surface area contributed by atoms with E-state index in [1.807, 2.05) is 39.1 Å². The van der Waals surface area contributed by atoms with E-state index in [1.165, 1.54) is 6.08 Å². The van der Waals surface area contributed by atoms with Crippen LogP contribution in [0.1, 0.15) is 35.4 Å². The number of aryl methyl sites for hydroxylation is 2. The van der Waals surface area contributed by atoms with Gasteiger partial charge in [-0.25, -0.2) is 4.98 Å². The van der Waals surface area contributed by atoms with Crippen LogP contribution in [-0.4, -0.2) is 62.3 Å². The first-order valence-corrected chi connectivity index (χ1v) is 13.5. The molecule has 1 aliphatic rings. The number of piperidine rings is 1. The summed E-state index contributed by atoms with van der Waals surface area (Å²) in [6.45, 7) is 6.03. The van der Waals surface area contributed by atoms with E-state index in [4.69, 9.17) is 4.42 Å². The maximum Gasteiger partial charge on any atom is 0.300 e. The quantitative estimate of drug-likeness (QED) is 0.449. The van der Waals surface area contributed by atoms with E-state index in [1.54, 1.807) is 36.2 Å². The van der Waals surface area contributed by atoms with Gasteiger partial charge in [0.2, 0.25) is 5.91 Å². The van der Waals surface area contributed by atoms with Gasteiger partial charge in [-0.3, -0.25) is 9.52 Å². The van der Waals surface area contributed by atoms with Crippen molar-refractivity contribution in [1.29, 1.82) is 0 Å². The Kier molecular flexibility index (Phi) is 7.77. The van der Waals surface area contributed by atoms with Gasteiger partial charge in [0, 0.05) is 30.1 Å². The molecule has 10 heteroatoms. The summed E-state index contributed by atoms with van der Waals surface area (Å²) in [5.74, 6) is 0.713. The Morgan fingerprint density at radius 3 is 2.64 bits per heavy atom. The largest absolute Gasteiger partial charge is 0.459 e. The number of aromatic nitrogens is 1. The van der Waals surface area contributed by atoms with Crippen LogP contribution in [0, 0.1) is 13.8 Å². The van der Waals surface area contributed by atoms with Gasteiger partial charge in [0.05, 0.1) is 12.2 Å². The van der Waals surface area contributed by atoms with Crippen molar-refractivity contribution in [2.75, 3.05) is 31.9 Å². The third kappa shape index (κ3) is 6.31. The second-order valence-electron chi connectivity index (χ2n) is 9.38. The number of hydrogen-bond acceptors (Lipinski definition) is 6. The molecule has 9 nitrogen and oxygen atoms in total. The van der Waals surface area contributed by atoms with E-state index in [2.05, 4.69) is 19.3 Å². The molecule has 1 amide bonds. The van der Waals surface area contributed by atoms with Gasteiger partial charge in [0.15, 0.2) is 0 Å². The third-order valence-electron chi connectivity index (χ3n) is 6.46. The van der Waals surface area contributed by atoms with Gasteiger partial charge >= 0.3 is 10.2 Å². The van der Waals surface area contributed by atoms with Gasteiger partial charge in [0.1, 0.15) is 17.2 Å². The zero-order chi connectivity index (χ0) is 25.9. The molecule has 0 unspecified atom stereocenters. The molecule has 3 heterocycles. The van der Waals surface area contributed by atoms with E-state index in [9.17, 15) is 13.2 Å². The van der Waals surface area contributed by atoms with Crippen LogP contribution in [0.2, 0.25) is 0 Å². The first kappa shape index (κ1) is 25.9. The van der Waals surface area contributed by atoms with Gasteiger partial charge < -0.3 is 14.2 Å². The first-order valence-electron chi connectivity index (χ1n) is 12.0. The minimum atomic E-state index is -3.76. The standard InChI is InChI=1S/C26H33N5O4S/c1-18-7-5-9-22-19(2)23(35-26(18)22)17-31(4)25(32)12-11-20-8-6-10-24(27-20)29-36(33,34)28-21-13-15-30(3)16-14-21/h5-12,21,28H,13-17H2,1-4H3,(H,27,29)/b12-11+. The lowest BCUT2D eigenvalue weighted by atomic mass is 10.1. The number of nitrogens with one attached hydrogen (secondary N) is 2. The smallest absolute Gasteiger partial charge is 0.300 e. The number of furan rings is 1. The zero-order valence-electron chi connectivity index (χ0n) is 21.1. The molecule has 0 radical (unpaired) electrons. The van der Waals surface area contributed by atoms with Crippen molar-refractivity contribution in [2.24, 2.45) is 0 Å². The molecule has 0 aliphatic carbocycles. The normalized spacial score (nSPS) is 15.6. The number of amides is 1. The highest BCUT2D eigenvalue weighted by Gasteiger charge is 2.22. The third-order valence-corrected chi connectivity index (χ3v) is 7.58. The summed E-state index contributed by atoms with van der Waals surface area (Å²) in [6.07, 6.45) is 4.50. The number of likely N-dealkylation sites (tertiary alicyclic amines) is 1. The molecule has 3 aromatic rings. The second-order valence-corrected chi connectivity index (χ2v) is 10.8. The highest BCUT2D eigenvalue weighted by Crippen LogP contribution is 2.28. The molecule has 0 bridgehead atoms. The number of para-hydroxylation sites is 1. The van der Waals surface area contributed by atoms with Crippen LogP contribution in [0.25, 0.3) is 17.0 Å². The average molecular weight is 512 g/mol. The topological polar surface area (TPSA) is 108 Å². The zero-order valence-corrected chi connectivity index (χ0v) is 21.9. The van der Waals surface area contributed by atoms with Crippen LogP contribution in [0.15, 0.2) is 46.9 Å². The maximum atomic E-state index is 12.7. The van der Waals surface area contributed by atoms with Gasteiger partial charge in [-0.1, -0.05) is 24.3 Å². The molecule has 2 N–H and O–H groups in total. The lowest BCUT2D eigenvalue weighted by Crippen LogP contribution is -2.45. The Bertz CT molecular complexity index is 1370. The summed E-state index contributed by atoms with van der Waals surface area (Å²) in [5, 5.41) is 1.05. The molecule has 4 rings (SSSR count). The minimum absolute atomic E-state index is 0.103. The number of rotatable bonds is 8. The van der Waals surface area contributed by atoms with Gasteiger partial charge in [-0.2, -0.15) is 13.1 Å². The fraction of sp³-hybridized carbons (Fsp3) is 0.385. The highest BCUT2D eigenvalue weighted by atomic mass is 32.2. The van der Waals surface area contributed by atoms with Crippen LogP contribution in [0.5, 0.6) is 0 Å². The van der Waals surface area contributed by atoms with Crippen LogP contribution in [0.4, 0.5) is 5.82 Å². The van der Waals surface area contributed by atoms with Crippen molar-refractivity contribution in [3.63, 3.8) is 0 Å². The minimum Gasteiger partial charge on any atom is -0.459 e. The van der Waals surface area contributed by atoms with Crippen LogP contribution in [-0.2, 0) is 21.5 Å². The van der Waals surface area contributed by atoms with E-state index >= 15 is 0 Å².